The van der Waals surface area contributed by atoms with Gasteiger partial charge in [-0.3, -0.25) is 0 Å². The zero-order valence-electron chi connectivity index (χ0n) is 13.1. The largest absolute Gasteiger partial charge is 0.496 e. The Morgan fingerprint density at radius 3 is 2.48 bits per heavy atom. The first kappa shape index (κ1) is 15.5. The topological polar surface area (TPSA) is 21.3 Å². The number of halogens is 1. The summed E-state index contributed by atoms with van der Waals surface area (Å²) in [6, 6.07) is 9.06. The summed E-state index contributed by atoms with van der Waals surface area (Å²) in [6.07, 6.45) is 0. The molecule has 0 aliphatic heterocycles. The van der Waals surface area contributed by atoms with Gasteiger partial charge in [0.2, 0.25) is 0 Å². The molecule has 0 aliphatic rings. The van der Waals surface area contributed by atoms with Gasteiger partial charge in [0.25, 0.3) is 0 Å². The van der Waals surface area contributed by atoms with Crippen molar-refractivity contribution in [2.45, 2.75) is 27.3 Å². The molecule has 0 radical (unpaired) electrons. The van der Waals surface area contributed by atoms with E-state index in [1.807, 2.05) is 26.0 Å². The zero-order chi connectivity index (χ0) is 15.4. The minimum atomic E-state index is -0.210. The third-order valence-corrected chi connectivity index (χ3v) is 3.67. The van der Waals surface area contributed by atoms with Gasteiger partial charge in [-0.25, -0.2) is 4.39 Å². The molecule has 0 aliphatic carbocycles. The van der Waals surface area contributed by atoms with Gasteiger partial charge in [-0.2, -0.15) is 0 Å². The minimum absolute atomic E-state index is 0.210. The lowest BCUT2D eigenvalue weighted by atomic mass is 9.94. The standard InChI is InChI=1S/C18H22FNO/c1-5-20-11-14-6-7-15(19)10-17(14)16-8-13(3)18(21-4)9-12(16)2/h6-10,20H,5,11H2,1-4H3. The van der Waals surface area contributed by atoms with Crippen LogP contribution in [0.1, 0.15) is 23.6 Å². The SMILES string of the molecule is CCNCc1ccc(F)cc1-c1cc(C)c(OC)cc1C. The first-order valence-corrected chi connectivity index (χ1v) is 7.21. The molecule has 0 fully saturated rings. The zero-order valence-corrected chi connectivity index (χ0v) is 13.1. The molecule has 0 unspecified atom stereocenters. The first-order valence-electron chi connectivity index (χ1n) is 7.21. The fourth-order valence-electron chi connectivity index (χ4n) is 2.51. The summed E-state index contributed by atoms with van der Waals surface area (Å²) in [6.45, 7) is 7.71. The molecule has 21 heavy (non-hydrogen) atoms. The number of rotatable bonds is 5. The number of aryl methyl sites for hydroxylation is 2. The molecule has 2 aromatic carbocycles. The van der Waals surface area contributed by atoms with Gasteiger partial charge in [0, 0.05) is 6.54 Å². The van der Waals surface area contributed by atoms with Crippen molar-refractivity contribution in [3.63, 3.8) is 0 Å². The van der Waals surface area contributed by atoms with Crippen LogP contribution >= 0.6 is 0 Å². The molecule has 0 bridgehead atoms. The van der Waals surface area contributed by atoms with E-state index in [0.29, 0.717) is 0 Å². The average molecular weight is 287 g/mol. The molecule has 0 saturated carbocycles. The lowest BCUT2D eigenvalue weighted by molar-refractivity contribution is 0.411. The highest BCUT2D eigenvalue weighted by Crippen LogP contribution is 2.32. The van der Waals surface area contributed by atoms with Gasteiger partial charge in [0.15, 0.2) is 0 Å². The Morgan fingerprint density at radius 2 is 1.81 bits per heavy atom. The third kappa shape index (κ3) is 3.42. The van der Waals surface area contributed by atoms with Crippen molar-refractivity contribution in [2.75, 3.05) is 13.7 Å². The van der Waals surface area contributed by atoms with E-state index in [0.717, 1.165) is 46.7 Å². The molecule has 112 valence electrons. The summed E-state index contributed by atoms with van der Waals surface area (Å²) in [5.74, 6) is 0.652. The van der Waals surface area contributed by atoms with Crippen LogP contribution in [0.15, 0.2) is 30.3 Å². The van der Waals surface area contributed by atoms with Crippen LogP contribution in [0, 0.1) is 19.7 Å². The van der Waals surface area contributed by atoms with Crippen molar-refractivity contribution >= 4 is 0 Å². The maximum absolute atomic E-state index is 13.7. The maximum Gasteiger partial charge on any atom is 0.123 e. The predicted octanol–water partition coefficient (Wildman–Crippen LogP) is 4.23. The first-order chi connectivity index (χ1) is 10.1. The highest BCUT2D eigenvalue weighted by atomic mass is 19.1. The Morgan fingerprint density at radius 1 is 1.05 bits per heavy atom. The molecule has 1 N–H and O–H groups in total. The van der Waals surface area contributed by atoms with Crippen LogP contribution in [-0.4, -0.2) is 13.7 Å². The van der Waals surface area contributed by atoms with E-state index in [1.165, 1.54) is 6.07 Å². The van der Waals surface area contributed by atoms with Gasteiger partial charge in [-0.05, 0) is 72.5 Å². The van der Waals surface area contributed by atoms with Crippen LogP contribution in [0.3, 0.4) is 0 Å². The summed E-state index contributed by atoms with van der Waals surface area (Å²) in [7, 11) is 1.67. The van der Waals surface area contributed by atoms with Crippen molar-refractivity contribution in [2.24, 2.45) is 0 Å². The van der Waals surface area contributed by atoms with Crippen molar-refractivity contribution in [1.82, 2.24) is 5.32 Å². The molecule has 0 heterocycles. The van der Waals surface area contributed by atoms with Crippen LogP contribution in [0.5, 0.6) is 5.75 Å². The van der Waals surface area contributed by atoms with E-state index in [4.69, 9.17) is 4.74 Å². The Bertz CT molecular complexity index is 637. The summed E-state index contributed by atoms with van der Waals surface area (Å²) in [5, 5.41) is 3.30. The fourth-order valence-corrected chi connectivity index (χ4v) is 2.51. The monoisotopic (exact) mass is 287 g/mol. The highest BCUT2D eigenvalue weighted by molar-refractivity contribution is 5.72. The van der Waals surface area contributed by atoms with Crippen molar-refractivity contribution < 1.29 is 9.13 Å². The molecule has 2 nitrogen and oxygen atoms in total. The number of ether oxygens (including phenoxy) is 1. The van der Waals surface area contributed by atoms with Gasteiger partial charge in [-0.1, -0.05) is 13.0 Å². The molecular weight excluding hydrogens is 265 g/mol. The van der Waals surface area contributed by atoms with Crippen LogP contribution in [0.4, 0.5) is 4.39 Å². The second-order valence-corrected chi connectivity index (χ2v) is 5.22. The average Bonchev–Trinajstić information content (AvgIpc) is 2.48. The quantitative estimate of drug-likeness (QED) is 0.888. The second-order valence-electron chi connectivity index (χ2n) is 5.22. The molecule has 2 aromatic rings. The number of hydrogen-bond acceptors (Lipinski definition) is 2. The molecule has 0 amide bonds. The van der Waals surface area contributed by atoms with E-state index in [-0.39, 0.29) is 5.82 Å². The fraction of sp³-hybridized carbons (Fsp3) is 0.333. The Balaban J connectivity index is 2.54. The Kier molecular flexibility index (Phi) is 4.97. The van der Waals surface area contributed by atoms with Crippen LogP contribution in [0.25, 0.3) is 11.1 Å². The summed E-state index contributed by atoms with van der Waals surface area (Å²) in [4.78, 5) is 0. The Labute approximate surface area is 126 Å². The lowest BCUT2D eigenvalue weighted by Gasteiger charge is -2.15. The van der Waals surface area contributed by atoms with Gasteiger partial charge in [0.05, 0.1) is 7.11 Å². The molecule has 2 rings (SSSR count). The lowest BCUT2D eigenvalue weighted by Crippen LogP contribution is -2.12. The van der Waals surface area contributed by atoms with E-state index in [9.17, 15) is 4.39 Å². The second kappa shape index (κ2) is 6.72. The van der Waals surface area contributed by atoms with Gasteiger partial charge >= 0.3 is 0 Å². The van der Waals surface area contributed by atoms with Gasteiger partial charge in [-0.15, -0.1) is 0 Å². The van der Waals surface area contributed by atoms with Crippen molar-refractivity contribution in [3.05, 3.63) is 52.8 Å². The molecular formula is C18H22FNO. The number of hydrogen-bond donors (Lipinski definition) is 1. The summed E-state index contributed by atoms with van der Waals surface area (Å²) in [5.41, 5.74) is 5.24. The molecule has 0 atom stereocenters. The maximum atomic E-state index is 13.7. The van der Waals surface area contributed by atoms with Crippen molar-refractivity contribution in [3.8, 4) is 16.9 Å². The molecule has 0 spiro atoms. The minimum Gasteiger partial charge on any atom is -0.496 e. The van der Waals surface area contributed by atoms with E-state index in [2.05, 4.69) is 18.3 Å². The molecule has 0 saturated heterocycles. The van der Waals surface area contributed by atoms with Gasteiger partial charge < -0.3 is 10.1 Å². The third-order valence-electron chi connectivity index (χ3n) is 3.67. The van der Waals surface area contributed by atoms with Crippen molar-refractivity contribution in [1.29, 1.82) is 0 Å². The smallest absolute Gasteiger partial charge is 0.123 e. The van der Waals surface area contributed by atoms with E-state index in [1.54, 1.807) is 13.2 Å². The van der Waals surface area contributed by atoms with Crippen LogP contribution < -0.4 is 10.1 Å². The number of methoxy groups -OCH3 is 1. The predicted molar refractivity (Wildman–Crippen MR) is 85.2 cm³/mol. The van der Waals surface area contributed by atoms with Crippen LogP contribution in [0.2, 0.25) is 0 Å². The Hall–Kier alpha value is -1.87. The van der Waals surface area contributed by atoms with Crippen LogP contribution in [-0.2, 0) is 6.54 Å². The molecule has 3 heteroatoms. The summed E-state index contributed by atoms with van der Waals surface area (Å²) < 4.78 is 19.0. The van der Waals surface area contributed by atoms with Gasteiger partial charge in [0.1, 0.15) is 11.6 Å². The van der Waals surface area contributed by atoms with E-state index < -0.39 is 0 Å². The molecule has 0 aromatic heterocycles. The highest BCUT2D eigenvalue weighted by Gasteiger charge is 2.11. The summed E-state index contributed by atoms with van der Waals surface area (Å²) >= 11 is 0. The van der Waals surface area contributed by atoms with E-state index >= 15 is 0 Å². The number of nitrogens with one attached hydrogen (secondary N) is 1. The normalized spacial score (nSPS) is 10.7. The number of benzene rings is 2.